The Hall–Kier alpha value is -1.48. The van der Waals surface area contributed by atoms with Crippen molar-refractivity contribution in [1.82, 2.24) is 0 Å². The first kappa shape index (κ1) is 27.6. The van der Waals surface area contributed by atoms with E-state index in [1.807, 2.05) is 24.3 Å². The Kier molecular flexibility index (Phi) is 18.2. The highest BCUT2D eigenvalue weighted by molar-refractivity contribution is 6.18. The Bertz CT molecular complexity index is 568. The van der Waals surface area contributed by atoms with Crippen LogP contribution in [0, 0.1) is 0 Å². The second-order valence-corrected chi connectivity index (χ2v) is 8.58. The second kappa shape index (κ2) is 20.4. The molecule has 1 aromatic rings. The van der Waals surface area contributed by atoms with Crippen LogP contribution in [0.15, 0.2) is 30.3 Å². The number of benzene rings is 1. The maximum atomic E-state index is 11.4. The summed E-state index contributed by atoms with van der Waals surface area (Å²) in [5.41, 5.74) is 0.937. The molecule has 0 unspecified atom stereocenters. The quantitative estimate of drug-likeness (QED) is 0.0866. The van der Waals surface area contributed by atoms with Gasteiger partial charge in [0.05, 0.1) is 12.5 Å². The fraction of sp³-hybridized carbons (Fsp3) is 0.667. The molecule has 31 heavy (non-hydrogen) atoms. The van der Waals surface area contributed by atoms with Crippen LogP contribution in [-0.4, -0.2) is 25.1 Å². The van der Waals surface area contributed by atoms with Gasteiger partial charge in [-0.05, 0) is 30.2 Å². The smallest absolute Gasteiger partial charge is 0.330 e. The number of rotatable bonds is 20. The summed E-state index contributed by atoms with van der Waals surface area (Å²) in [6, 6.07) is 7.75. The highest BCUT2D eigenvalue weighted by Gasteiger charge is 1.98. The number of unbranched alkanes of at least 4 members (excludes halogenated alkanes) is 13. The Balaban J connectivity index is 1.94. The number of carbonyl (C=O) groups is 1. The SMILES string of the molecule is CCCCCCCCCCCCCCCCOc1ccc(/C=C/C(=O)OCCCl)cc1. The molecule has 176 valence electrons. The van der Waals surface area contributed by atoms with Crippen LogP contribution in [0.2, 0.25) is 0 Å². The lowest BCUT2D eigenvalue weighted by atomic mass is 10.0. The minimum atomic E-state index is -0.376. The molecule has 0 aliphatic rings. The van der Waals surface area contributed by atoms with Crippen LogP contribution in [0.3, 0.4) is 0 Å². The predicted molar refractivity (Wildman–Crippen MR) is 133 cm³/mol. The largest absolute Gasteiger partial charge is 0.494 e. The van der Waals surface area contributed by atoms with Gasteiger partial charge in [-0.1, -0.05) is 103 Å². The molecule has 0 heterocycles. The van der Waals surface area contributed by atoms with Gasteiger partial charge in [-0.15, -0.1) is 11.6 Å². The van der Waals surface area contributed by atoms with Gasteiger partial charge in [-0.2, -0.15) is 0 Å². The third-order valence-corrected chi connectivity index (χ3v) is 5.53. The minimum Gasteiger partial charge on any atom is -0.494 e. The van der Waals surface area contributed by atoms with Gasteiger partial charge in [0.25, 0.3) is 0 Å². The lowest BCUT2D eigenvalue weighted by Crippen LogP contribution is -2.02. The Morgan fingerprint density at radius 2 is 1.29 bits per heavy atom. The normalized spacial score (nSPS) is 11.2. The maximum Gasteiger partial charge on any atom is 0.330 e. The van der Waals surface area contributed by atoms with Gasteiger partial charge in [0, 0.05) is 6.08 Å². The summed E-state index contributed by atoms with van der Waals surface area (Å²) >= 11 is 5.48. The van der Waals surface area contributed by atoms with Crippen LogP contribution in [0.1, 0.15) is 102 Å². The van der Waals surface area contributed by atoms with Crippen molar-refractivity contribution in [3.05, 3.63) is 35.9 Å². The van der Waals surface area contributed by atoms with Crippen molar-refractivity contribution in [2.45, 2.75) is 96.8 Å². The Labute approximate surface area is 195 Å². The van der Waals surface area contributed by atoms with E-state index in [1.165, 1.54) is 89.5 Å². The molecule has 0 saturated heterocycles. The van der Waals surface area contributed by atoms with E-state index in [4.69, 9.17) is 21.1 Å². The fourth-order valence-corrected chi connectivity index (χ4v) is 3.59. The molecule has 0 N–H and O–H groups in total. The predicted octanol–water partition coefficient (Wildman–Crippen LogP) is 8.34. The van der Waals surface area contributed by atoms with Crippen LogP contribution in [0.4, 0.5) is 0 Å². The Morgan fingerprint density at radius 3 is 1.81 bits per heavy atom. The zero-order chi connectivity index (χ0) is 22.4. The molecule has 0 radical (unpaired) electrons. The summed E-state index contributed by atoms with van der Waals surface area (Å²) in [4.78, 5) is 11.4. The highest BCUT2D eigenvalue weighted by Crippen LogP contribution is 2.15. The van der Waals surface area contributed by atoms with Crippen LogP contribution < -0.4 is 4.74 Å². The van der Waals surface area contributed by atoms with Gasteiger partial charge in [-0.3, -0.25) is 0 Å². The molecule has 0 atom stereocenters. The summed E-state index contributed by atoms with van der Waals surface area (Å²) < 4.78 is 10.7. The third kappa shape index (κ3) is 16.8. The molecule has 0 amide bonds. The first-order chi connectivity index (χ1) is 15.3. The van der Waals surface area contributed by atoms with Crippen molar-refractivity contribution < 1.29 is 14.3 Å². The molecule has 0 aromatic heterocycles. The van der Waals surface area contributed by atoms with Gasteiger partial charge < -0.3 is 9.47 Å². The van der Waals surface area contributed by atoms with E-state index in [2.05, 4.69) is 6.92 Å². The van der Waals surface area contributed by atoms with Crippen molar-refractivity contribution >= 4 is 23.6 Å². The molecule has 0 bridgehead atoms. The average Bonchev–Trinajstić information content (AvgIpc) is 2.79. The van der Waals surface area contributed by atoms with E-state index in [-0.39, 0.29) is 12.6 Å². The van der Waals surface area contributed by atoms with Gasteiger partial charge in [0.15, 0.2) is 0 Å². The van der Waals surface area contributed by atoms with Gasteiger partial charge in [0.2, 0.25) is 0 Å². The standard InChI is InChI=1S/C27H43ClO3/c1-2-3-4-5-6-7-8-9-10-11-12-13-14-15-23-30-26-19-16-25(17-20-26)18-21-27(29)31-24-22-28/h16-21H,2-15,22-24H2,1H3/b21-18+. The molecule has 0 spiro atoms. The zero-order valence-electron chi connectivity index (χ0n) is 19.6. The summed E-state index contributed by atoms with van der Waals surface area (Å²) in [6.07, 6.45) is 22.2. The maximum absolute atomic E-state index is 11.4. The number of halogens is 1. The lowest BCUT2D eigenvalue weighted by Gasteiger charge is -2.07. The van der Waals surface area contributed by atoms with E-state index < -0.39 is 0 Å². The molecule has 0 saturated carbocycles. The van der Waals surface area contributed by atoms with Gasteiger partial charge in [-0.25, -0.2) is 4.79 Å². The molecule has 0 aliphatic carbocycles. The van der Waals surface area contributed by atoms with Crippen molar-refractivity contribution in [3.63, 3.8) is 0 Å². The van der Waals surface area contributed by atoms with E-state index in [0.717, 1.165) is 24.3 Å². The van der Waals surface area contributed by atoms with Crippen molar-refractivity contribution in [3.8, 4) is 5.75 Å². The molecule has 1 aromatic carbocycles. The molecular formula is C27H43ClO3. The van der Waals surface area contributed by atoms with E-state index in [9.17, 15) is 4.79 Å². The van der Waals surface area contributed by atoms with Crippen LogP contribution in [-0.2, 0) is 9.53 Å². The number of esters is 1. The van der Waals surface area contributed by atoms with Crippen molar-refractivity contribution in [2.24, 2.45) is 0 Å². The lowest BCUT2D eigenvalue weighted by molar-refractivity contribution is -0.137. The summed E-state index contributed by atoms with van der Waals surface area (Å²) in [6.45, 7) is 3.27. The van der Waals surface area contributed by atoms with Gasteiger partial charge in [0.1, 0.15) is 12.4 Å². The minimum absolute atomic E-state index is 0.233. The molecule has 3 nitrogen and oxygen atoms in total. The van der Waals surface area contributed by atoms with Crippen molar-refractivity contribution in [2.75, 3.05) is 19.1 Å². The Morgan fingerprint density at radius 1 is 0.774 bits per heavy atom. The number of hydrogen-bond donors (Lipinski definition) is 0. The first-order valence-electron chi connectivity index (χ1n) is 12.4. The fourth-order valence-electron chi connectivity index (χ4n) is 3.51. The zero-order valence-corrected chi connectivity index (χ0v) is 20.3. The molecule has 0 aliphatic heterocycles. The van der Waals surface area contributed by atoms with Crippen LogP contribution >= 0.6 is 11.6 Å². The van der Waals surface area contributed by atoms with Crippen LogP contribution in [0.25, 0.3) is 6.08 Å². The molecule has 1 rings (SSSR count). The summed E-state index contributed by atoms with van der Waals surface area (Å²) in [5.74, 6) is 0.806. The summed E-state index contributed by atoms with van der Waals surface area (Å²) in [5, 5.41) is 0. The van der Waals surface area contributed by atoms with Gasteiger partial charge >= 0.3 is 5.97 Å². The first-order valence-corrected chi connectivity index (χ1v) is 12.9. The average molecular weight is 451 g/mol. The third-order valence-electron chi connectivity index (χ3n) is 5.38. The van der Waals surface area contributed by atoms with E-state index >= 15 is 0 Å². The van der Waals surface area contributed by atoms with E-state index in [0.29, 0.717) is 5.88 Å². The molecule has 4 heteroatoms. The monoisotopic (exact) mass is 450 g/mol. The van der Waals surface area contributed by atoms with E-state index in [1.54, 1.807) is 6.08 Å². The number of carbonyl (C=O) groups excluding carboxylic acids is 1. The number of alkyl halides is 1. The number of ether oxygens (including phenoxy) is 2. The molecular weight excluding hydrogens is 408 g/mol. The number of hydrogen-bond acceptors (Lipinski definition) is 3. The second-order valence-electron chi connectivity index (χ2n) is 8.20. The van der Waals surface area contributed by atoms with Crippen LogP contribution in [0.5, 0.6) is 5.75 Å². The summed E-state index contributed by atoms with van der Waals surface area (Å²) in [7, 11) is 0. The molecule has 0 fully saturated rings. The highest BCUT2D eigenvalue weighted by atomic mass is 35.5. The van der Waals surface area contributed by atoms with Crippen molar-refractivity contribution in [1.29, 1.82) is 0 Å². The topological polar surface area (TPSA) is 35.5 Å².